The average molecular weight is 259 g/mol. The van der Waals surface area contributed by atoms with Gasteiger partial charge in [0.05, 0.1) is 0 Å². The Kier molecular flexibility index (Phi) is 4.62. The fourth-order valence-corrected chi connectivity index (χ4v) is 3.18. The summed E-state index contributed by atoms with van der Waals surface area (Å²) in [6.45, 7) is 8.29. The van der Waals surface area contributed by atoms with Gasteiger partial charge < -0.3 is 4.90 Å². The van der Waals surface area contributed by atoms with Crippen LogP contribution < -0.4 is 0 Å². The van der Waals surface area contributed by atoms with Crippen LogP contribution in [0.25, 0.3) is 0 Å². The fourth-order valence-electron chi connectivity index (χ4n) is 3.18. The van der Waals surface area contributed by atoms with Crippen molar-refractivity contribution < 1.29 is 4.79 Å². The smallest absolute Gasteiger partial charge is 0.226 e. The molecule has 0 aliphatic carbocycles. The summed E-state index contributed by atoms with van der Waals surface area (Å²) in [7, 11) is 0. The van der Waals surface area contributed by atoms with Crippen LogP contribution in [0, 0.1) is 12.8 Å². The van der Waals surface area contributed by atoms with E-state index in [1.807, 2.05) is 4.90 Å². The molecule has 1 fully saturated rings. The van der Waals surface area contributed by atoms with Crippen LogP contribution in [0.3, 0.4) is 0 Å². The van der Waals surface area contributed by atoms with Gasteiger partial charge in [-0.05, 0) is 37.7 Å². The largest absolute Gasteiger partial charge is 0.342 e. The molecule has 2 heteroatoms. The summed E-state index contributed by atoms with van der Waals surface area (Å²) < 4.78 is 0. The number of hydrogen-bond donors (Lipinski definition) is 0. The van der Waals surface area contributed by atoms with E-state index in [9.17, 15) is 4.79 Å². The van der Waals surface area contributed by atoms with E-state index in [2.05, 4.69) is 45.0 Å². The molecule has 2 unspecified atom stereocenters. The highest BCUT2D eigenvalue weighted by atomic mass is 16.2. The van der Waals surface area contributed by atoms with Crippen molar-refractivity contribution >= 4 is 5.91 Å². The predicted octanol–water partition coefficient (Wildman–Crippen LogP) is 3.75. The number of hydrogen-bond acceptors (Lipinski definition) is 1. The summed E-state index contributed by atoms with van der Waals surface area (Å²) in [5.74, 6) is 0.767. The van der Waals surface area contributed by atoms with Gasteiger partial charge in [-0.25, -0.2) is 0 Å². The van der Waals surface area contributed by atoms with Crippen LogP contribution in [0.4, 0.5) is 0 Å². The molecule has 0 N–H and O–H groups in total. The first kappa shape index (κ1) is 14.1. The van der Waals surface area contributed by atoms with E-state index in [-0.39, 0.29) is 5.92 Å². The Morgan fingerprint density at radius 1 is 1.32 bits per heavy atom. The molecule has 104 valence electrons. The zero-order valence-corrected chi connectivity index (χ0v) is 12.4. The van der Waals surface area contributed by atoms with Gasteiger partial charge in [0.15, 0.2) is 0 Å². The number of likely N-dealkylation sites (tertiary alicyclic amines) is 1. The van der Waals surface area contributed by atoms with Gasteiger partial charge in [0.2, 0.25) is 5.91 Å². The molecule has 2 rings (SSSR count). The molecule has 1 aliphatic heterocycles. The Morgan fingerprint density at radius 3 is 2.58 bits per heavy atom. The zero-order valence-electron chi connectivity index (χ0n) is 12.4. The molecule has 1 saturated heterocycles. The molecule has 1 aromatic carbocycles. The Morgan fingerprint density at radius 2 is 2.00 bits per heavy atom. The van der Waals surface area contributed by atoms with Crippen LogP contribution in [-0.4, -0.2) is 23.9 Å². The van der Waals surface area contributed by atoms with Crippen LogP contribution in [0.2, 0.25) is 0 Å². The minimum absolute atomic E-state index is 0.0879. The minimum atomic E-state index is 0.0879. The van der Waals surface area contributed by atoms with Gasteiger partial charge in [-0.1, -0.05) is 43.7 Å². The van der Waals surface area contributed by atoms with Crippen LogP contribution in [0.15, 0.2) is 24.3 Å². The highest BCUT2D eigenvalue weighted by molar-refractivity contribution is 5.79. The van der Waals surface area contributed by atoms with E-state index in [4.69, 9.17) is 0 Å². The lowest BCUT2D eigenvalue weighted by molar-refractivity contribution is -0.134. The molecule has 0 radical (unpaired) electrons. The van der Waals surface area contributed by atoms with E-state index >= 15 is 0 Å². The van der Waals surface area contributed by atoms with Crippen molar-refractivity contribution in [2.24, 2.45) is 5.92 Å². The summed E-state index contributed by atoms with van der Waals surface area (Å²) >= 11 is 0. The second-order valence-electron chi connectivity index (χ2n) is 5.75. The summed E-state index contributed by atoms with van der Waals surface area (Å²) in [6, 6.07) is 8.60. The lowest BCUT2D eigenvalue weighted by Crippen LogP contribution is -2.35. The van der Waals surface area contributed by atoms with Crippen molar-refractivity contribution in [2.45, 2.75) is 46.0 Å². The van der Waals surface area contributed by atoms with Crippen molar-refractivity contribution in [2.75, 3.05) is 13.1 Å². The highest BCUT2D eigenvalue weighted by Gasteiger charge is 2.29. The van der Waals surface area contributed by atoms with Crippen molar-refractivity contribution in [3.05, 3.63) is 35.4 Å². The molecule has 19 heavy (non-hydrogen) atoms. The third kappa shape index (κ3) is 3.17. The van der Waals surface area contributed by atoms with Gasteiger partial charge in [-0.15, -0.1) is 0 Å². The average Bonchev–Trinajstić information content (AvgIpc) is 2.92. The number of aryl methyl sites for hydroxylation is 1. The molecule has 0 saturated carbocycles. The van der Waals surface area contributed by atoms with Gasteiger partial charge >= 0.3 is 0 Å². The molecule has 0 aromatic heterocycles. The number of amides is 1. The van der Waals surface area contributed by atoms with E-state index in [0.717, 1.165) is 19.5 Å². The van der Waals surface area contributed by atoms with Crippen molar-refractivity contribution in [3.63, 3.8) is 0 Å². The SMILES string of the molecule is CCC(c1cccc(C)c1)C(C)C(=O)N1CCCC1. The lowest BCUT2D eigenvalue weighted by Gasteiger charge is -2.27. The maximum absolute atomic E-state index is 12.5. The number of nitrogens with zero attached hydrogens (tertiary/aromatic N) is 1. The van der Waals surface area contributed by atoms with Crippen LogP contribution in [-0.2, 0) is 4.79 Å². The molecule has 1 aliphatic rings. The summed E-state index contributed by atoms with van der Waals surface area (Å²) in [5.41, 5.74) is 2.58. The fraction of sp³-hybridized carbons (Fsp3) is 0.588. The van der Waals surface area contributed by atoms with E-state index in [1.54, 1.807) is 0 Å². The van der Waals surface area contributed by atoms with Crippen molar-refractivity contribution in [3.8, 4) is 0 Å². The maximum Gasteiger partial charge on any atom is 0.226 e. The Balaban J connectivity index is 2.14. The predicted molar refractivity (Wildman–Crippen MR) is 79.2 cm³/mol. The Bertz CT molecular complexity index is 435. The van der Waals surface area contributed by atoms with E-state index < -0.39 is 0 Å². The molecule has 1 aromatic rings. The first-order valence-electron chi connectivity index (χ1n) is 7.48. The van der Waals surface area contributed by atoms with E-state index in [0.29, 0.717) is 11.8 Å². The van der Waals surface area contributed by atoms with Crippen molar-refractivity contribution in [1.29, 1.82) is 0 Å². The topological polar surface area (TPSA) is 20.3 Å². The van der Waals surface area contributed by atoms with Crippen LogP contribution >= 0.6 is 0 Å². The number of benzene rings is 1. The Labute approximate surface area is 116 Å². The van der Waals surface area contributed by atoms with Gasteiger partial charge in [0.25, 0.3) is 0 Å². The normalized spacial score (nSPS) is 18.4. The molecule has 0 bridgehead atoms. The maximum atomic E-state index is 12.5. The molecule has 1 amide bonds. The monoisotopic (exact) mass is 259 g/mol. The zero-order chi connectivity index (χ0) is 13.8. The molecule has 2 atom stereocenters. The first-order chi connectivity index (χ1) is 9.13. The number of rotatable bonds is 4. The van der Waals surface area contributed by atoms with Crippen LogP contribution in [0.1, 0.15) is 50.2 Å². The van der Waals surface area contributed by atoms with Gasteiger partial charge in [0.1, 0.15) is 0 Å². The molecular weight excluding hydrogens is 234 g/mol. The number of carbonyl (C=O) groups excluding carboxylic acids is 1. The lowest BCUT2D eigenvalue weighted by atomic mass is 9.84. The Hall–Kier alpha value is -1.31. The third-order valence-corrected chi connectivity index (χ3v) is 4.32. The second kappa shape index (κ2) is 6.23. The van der Waals surface area contributed by atoms with Gasteiger partial charge in [0, 0.05) is 19.0 Å². The summed E-state index contributed by atoms with van der Waals surface area (Å²) in [4.78, 5) is 14.6. The highest BCUT2D eigenvalue weighted by Crippen LogP contribution is 2.30. The first-order valence-corrected chi connectivity index (χ1v) is 7.48. The van der Waals surface area contributed by atoms with E-state index in [1.165, 1.54) is 24.0 Å². The standard InChI is InChI=1S/C17H25NO/c1-4-16(15-9-7-8-13(2)12-15)14(3)17(19)18-10-5-6-11-18/h7-9,12,14,16H,4-6,10-11H2,1-3H3. The molecule has 1 heterocycles. The minimum Gasteiger partial charge on any atom is -0.342 e. The third-order valence-electron chi connectivity index (χ3n) is 4.32. The molecule has 0 spiro atoms. The quantitative estimate of drug-likeness (QED) is 0.806. The summed E-state index contributed by atoms with van der Waals surface area (Å²) in [6.07, 6.45) is 3.35. The molecule has 2 nitrogen and oxygen atoms in total. The van der Waals surface area contributed by atoms with Gasteiger partial charge in [-0.3, -0.25) is 4.79 Å². The molecular formula is C17H25NO. The second-order valence-corrected chi connectivity index (χ2v) is 5.75. The summed E-state index contributed by atoms with van der Waals surface area (Å²) in [5, 5.41) is 0. The van der Waals surface area contributed by atoms with Gasteiger partial charge in [-0.2, -0.15) is 0 Å². The van der Waals surface area contributed by atoms with Crippen LogP contribution in [0.5, 0.6) is 0 Å². The van der Waals surface area contributed by atoms with Crippen molar-refractivity contribution in [1.82, 2.24) is 4.90 Å². The number of carbonyl (C=O) groups is 1.